The van der Waals surface area contributed by atoms with Gasteiger partial charge in [-0.05, 0) is 56.4 Å². The van der Waals surface area contributed by atoms with Crippen LogP contribution in [-0.4, -0.2) is 39.8 Å². The molecule has 0 radical (unpaired) electrons. The number of amides is 3. The van der Waals surface area contributed by atoms with Gasteiger partial charge in [0.05, 0.1) is 23.0 Å². The largest absolute Gasteiger partial charge is 0.347 e. The van der Waals surface area contributed by atoms with E-state index >= 15 is 0 Å². The van der Waals surface area contributed by atoms with Crippen molar-refractivity contribution in [3.05, 3.63) is 59.4 Å². The Hall–Kier alpha value is -3.22. The van der Waals surface area contributed by atoms with Crippen LogP contribution in [0.1, 0.15) is 74.1 Å². The zero-order valence-electron chi connectivity index (χ0n) is 19.8. The summed E-state index contributed by atoms with van der Waals surface area (Å²) in [5.74, 6) is 0.0853. The topological polar surface area (TPSA) is 82.6 Å². The molecule has 3 amide bonds. The number of hydrogen-bond acceptors (Lipinski definition) is 4. The van der Waals surface area contributed by atoms with Gasteiger partial charge in [0.15, 0.2) is 0 Å². The number of aromatic nitrogens is 1. The monoisotopic (exact) mass is 448 g/mol. The third kappa shape index (κ3) is 4.12. The Labute approximate surface area is 195 Å². The molecule has 0 aliphatic carbocycles. The summed E-state index contributed by atoms with van der Waals surface area (Å²) in [6, 6.07) is 11.0. The van der Waals surface area contributed by atoms with Crippen LogP contribution in [0.15, 0.2) is 42.6 Å². The first-order valence-electron chi connectivity index (χ1n) is 11.7. The second-order valence-corrected chi connectivity index (χ2v) is 9.52. The van der Waals surface area contributed by atoms with E-state index in [9.17, 15) is 14.4 Å². The summed E-state index contributed by atoms with van der Waals surface area (Å²) in [7, 11) is 0. The molecule has 1 saturated heterocycles. The van der Waals surface area contributed by atoms with Gasteiger partial charge in [0.1, 0.15) is 5.66 Å². The fraction of sp³-hybridized carbons (Fsp3) is 0.462. The molecular weight excluding hydrogens is 416 g/mol. The summed E-state index contributed by atoms with van der Waals surface area (Å²) in [5, 5.41) is 3.13. The quantitative estimate of drug-likeness (QED) is 0.695. The molecule has 7 nitrogen and oxygen atoms in total. The van der Waals surface area contributed by atoms with Gasteiger partial charge in [0.2, 0.25) is 11.8 Å². The van der Waals surface area contributed by atoms with Crippen LogP contribution in [0.2, 0.25) is 0 Å². The first-order valence-corrected chi connectivity index (χ1v) is 11.7. The number of pyridine rings is 1. The SMILES string of the molecule is Cc1cccnc1C(NC(=O)CCCN1C(=O)c2ccccc2N2C(=O)CCC12C)C(C)C. The molecule has 7 heteroatoms. The van der Waals surface area contributed by atoms with E-state index in [4.69, 9.17) is 0 Å². The van der Waals surface area contributed by atoms with Crippen LogP contribution in [-0.2, 0) is 9.59 Å². The first-order chi connectivity index (χ1) is 15.7. The third-order valence-corrected chi connectivity index (χ3v) is 6.86. The van der Waals surface area contributed by atoms with Crippen molar-refractivity contribution in [3.8, 4) is 0 Å². The van der Waals surface area contributed by atoms with Gasteiger partial charge in [0, 0.05) is 25.6 Å². The molecule has 4 rings (SSSR count). The standard InChI is InChI=1S/C26H32N4O3/c1-17(2)23(24-18(3)9-7-15-27-24)28-21(31)12-8-16-29-25(33)19-10-5-6-11-20(19)30-22(32)13-14-26(29,30)4/h5-7,9-11,15,17,23H,8,12-14,16H2,1-4H3,(H,28,31). The van der Waals surface area contributed by atoms with E-state index in [0.29, 0.717) is 43.5 Å². The molecule has 1 aromatic carbocycles. The number of carbonyl (C=O) groups is 3. The van der Waals surface area contributed by atoms with Gasteiger partial charge < -0.3 is 10.2 Å². The van der Waals surface area contributed by atoms with Crippen molar-refractivity contribution >= 4 is 23.4 Å². The Bertz CT molecular complexity index is 1080. The normalized spacial score (nSPS) is 20.6. The number of rotatable bonds is 7. The number of fused-ring (bicyclic) bond motifs is 3. The predicted octanol–water partition coefficient (Wildman–Crippen LogP) is 3.98. The van der Waals surface area contributed by atoms with Crippen LogP contribution in [0.5, 0.6) is 0 Å². The lowest BCUT2D eigenvalue weighted by atomic mass is 9.96. The van der Waals surface area contributed by atoms with Crippen molar-refractivity contribution in [2.75, 3.05) is 11.4 Å². The number of aryl methyl sites for hydroxylation is 1. The Morgan fingerprint density at radius 2 is 1.94 bits per heavy atom. The molecule has 1 N–H and O–H groups in total. The molecule has 2 atom stereocenters. The van der Waals surface area contributed by atoms with Crippen LogP contribution in [0, 0.1) is 12.8 Å². The molecule has 33 heavy (non-hydrogen) atoms. The lowest BCUT2D eigenvalue weighted by Gasteiger charge is -2.48. The number of hydrogen-bond donors (Lipinski definition) is 1. The molecule has 1 aromatic heterocycles. The minimum Gasteiger partial charge on any atom is -0.347 e. The molecule has 0 bridgehead atoms. The zero-order valence-corrected chi connectivity index (χ0v) is 19.8. The summed E-state index contributed by atoms with van der Waals surface area (Å²) in [5.41, 5.74) is 2.47. The number of nitrogens with one attached hydrogen (secondary N) is 1. The van der Waals surface area contributed by atoms with Crippen LogP contribution in [0.3, 0.4) is 0 Å². The van der Waals surface area contributed by atoms with E-state index < -0.39 is 5.66 Å². The highest BCUT2D eigenvalue weighted by Crippen LogP contribution is 2.44. The lowest BCUT2D eigenvalue weighted by Crippen LogP contribution is -2.62. The summed E-state index contributed by atoms with van der Waals surface area (Å²) in [6.45, 7) is 8.49. The highest BCUT2D eigenvalue weighted by Gasteiger charge is 2.52. The smallest absolute Gasteiger partial charge is 0.257 e. The lowest BCUT2D eigenvalue weighted by molar-refractivity contribution is -0.122. The summed E-state index contributed by atoms with van der Waals surface area (Å²) >= 11 is 0. The van der Waals surface area contributed by atoms with E-state index in [1.807, 2.05) is 44.2 Å². The Morgan fingerprint density at radius 1 is 1.18 bits per heavy atom. The Morgan fingerprint density at radius 3 is 2.67 bits per heavy atom. The van der Waals surface area contributed by atoms with Crippen molar-refractivity contribution in [1.29, 1.82) is 0 Å². The van der Waals surface area contributed by atoms with Gasteiger partial charge in [-0.2, -0.15) is 0 Å². The van der Waals surface area contributed by atoms with Crippen LogP contribution >= 0.6 is 0 Å². The average Bonchev–Trinajstić information content (AvgIpc) is 3.10. The molecule has 2 aliphatic rings. The fourth-order valence-corrected chi connectivity index (χ4v) is 5.06. The zero-order chi connectivity index (χ0) is 23.8. The van der Waals surface area contributed by atoms with E-state index in [1.54, 1.807) is 22.1 Å². The van der Waals surface area contributed by atoms with Crippen LogP contribution in [0.25, 0.3) is 0 Å². The molecular formula is C26H32N4O3. The summed E-state index contributed by atoms with van der Waals surface area (Å²) in [4.78, 5) is 46.8. The molecule has 0 spiro atoms. The fourth-order valence-electron chi connectivity index (χ4n) is 5.06. The van der Waals surface area contributed by atoms with E-state index in [2.05, 4.69) is 24.1 Å². The number of anilines is 1. The number of benzene rings is 1. The van der Waals surface area contributed by atoms with Gasteiger partial charge in [-0.1, -0.05) is 32.0 Å². The van der Waals surface area contributed by atoms with Crippen molar-refractivity contribution < 1.29 is 14.4 Å². The second kappa shape index (κ2) is 8.96. The number of para-hydroxylation sites is 1. The molecule has 174 valence electrons. The second-order valence-electron chi connectivity index (χ2n) is 9.52. The van der Waals surface area contributed by atoms with Crippen molar-refractivity contribution in [3.63, 3.8) is 0 Å². The van der Waals surface area contributed by atoms with Gasteiger partial charge in [-0.3, -0.25) is 24.3 Å². The maximum absolute atomic E-state index is 13.3. The highest BCUT2D eigenvalue weighted by atomic mass is 16.2. The van der Waals surface area contributed by atoms with Crippen LogP contribution < -0.4 is 10.2 Å². The van der Waals surface area contributed by atoms with E-state index in [0.717, 1.165) is 11.3 Å². The Balaban J connectivity index is 1.45. The van der Waals surface area contributed by atoms with Gasteiger partial charge in [-0.25, -0.2) is 0 Å². The van der Waals surface area contributed by atoms with E-state index in [1.165, 1.54) is 0 Å². The molecule has 2 unspecified atom stereocenters. The average molecular weight is 449 g/mol. The number of carbonyl (C=O) groups excluding carboxylic acids is 3. The first kappa shape index (κ1) is 23.0. The number of nitrogens with zero attached hydrogens (tertiary/aromatic N) is 3. The van der Waals surface area contributed by atoms with E-state index in [-0.39, 0.29) is 29.7 Å². The third-order valence-electron chi connectivity index (χ3n) is 6.86. The highest BCUT2D eigenvalue weighted by molar-refractivity contribution is 6.10. The molecule has 3 heterocycles. The molecule has 0 saturated carbocycles. The maximum atomic E-state index is 13.3. The van der Waals surface area contributed by atoms with Crippen molar-refractivity contribution in [2.24, 2.45) is 5.92 Å². The molecule has 1 fully saturated rings. The van der Waals surface area contributed by atoms with Crippen LogP contribution in [0.4, 0.5) is 5.69 Å². The molecule has 2 aliphatic heterocycles. The van der Waals surface area contributed by atoms with Gasteiger partial charge in [-0.15, -0.1) is 0 Å². The minimum atomic E-state index is -0.690. The Kier molecular flexibility index (Phi) is 6.23. The van der Waals surface area contributed by atoms with Gasteiger partial charge >= 0.3 is 0 Å². The maximum Gasteiger partial charge on any atom is 0.257 e. The van der Waals surface area contributed by atoms with Gasteiger partial charge in [0.25, 0.3) is 5.91 Å². The summed E-state index contributed by atoms with van der Waals surface area (Å²) in [6.07, 6.45) is 3.56. The summed E-state index contributed by atoms with van der Waals surface area (Å²) < 4.78 is 0. The predicted molar refractivity (Wildman–Crippen MR) is 127 cm³/mol. The molecule has 2 aromatic rings. The van der Waals surface area contributed by atoms with Crippen molar-refractivity contribution in [2.45, 2.75) is 65.1 Å². The van der Waals surface area contributed by atoms with Crippen molar-refractivity contribution in [1.82, 2.24) is 15.2 Å². The minimum absolute atomic E-state index is 0.0331.